The summed E-state index contributed by atoms with van der Waals surface area (Å²) in [5.41, 5.74) is 2.24. The summed E-state index contributed by atoms with van der Waals surface area (Å²) >= 11 is 9.70. The minimum absolute atomic E-state index is 0.0221. The Morgan fingerprint density at radius 1 is 0.949 bits per heavy atom. The molecule has 3 aromatic carbocycles. The topological polar surface area (TPSA) is 81.8 Å². The van der Waals surface area contributed by atoms with Gasteiger partial charge in [0.2, 0.25) is 0 Å². The first kappa shape index (κ1) is 28.7. The number of amides is 3. The fourth-order valence-electron chi connectivity index (χ4n) is 4.37. The maximum absolute atomic E-state index is 14.5. The molecule has 0 bridgehead atoms. The highest BCUT2D eigenvalue weighted by Crippen LogP contribution is 2.29. The number of nitrogens with zero attached hydrogens (tertiary/aromatic N) is 2. The molecule has 0 aromatic heterocycles. The van der Waals surface area contributed by atoms with Crippen LogP contribution in [-0.4, -0.2) is 60.7 Å². The van der Waals surface area contributed by atoms with Crippen molar-refractivity contribution in [3.63, 3.8) is 0 Å². The summed E-state index contributed by atoms with van der Waals surface area (Å²) in [5.74, 6) is -2.20. The van der Waals surface area contributed by atoms with Gasteiger partial charge >= 0.3 is 11.8 Å². The maximum atomic E-state index is 14.5. The third kappa shape index (κ3) is 7.44. The first-order valence-electron chi connectivity index (χ1n) is 12.6. The standard InChI is InChI=1S/C29H29BrClFN4O3/c1-35-13-15-36(16-14-35)29(39)20-11-9-19(10-12-20)18-33-27(37)28(38)34-26(21-5-2-3-6-23(21)30)17-22-24(31)7-4-8-25(22)32/h2-12,26H,13-18H2,1H3,(H,33,37)(H,34,38). The van der Waals surface area contributed by atoms with Gasteiger partial charge in [-0.25, -0.2) is 4.39 Å². The first-order valence-corrected chi connectivity index (χ1v) is 13.7. The Labute approximate surface area is 240 Å². The van der Waals surface area contributed by atoms with Gasteiger partial charge in [0.15, 0.2) is 0 Å². The molecule has 1 heterocycles. The minimum Gasteiger partial charge on any atom is -0.344 e. The van der Waals surface area contributed by atoms with E-state index in [1.807, 2.05) is 18.0 Å². The molecule has 1 saturated heterocycles. The van der Waals surface area contributed by atoms with Crippen molar-refractivity contribution in [2.45, 2.75) is 19.0 Å². The molecule has 3 amide bonds. The summed E-state index contributed by atoms with van der Waals surface area (Å²) in [7, 11) is 2.03. The van der Waals surface area contributed by atoms with Gasteiger partial charge in [-0.1, -0.05) is 63.9 Å². The van der Waals surface area contributed by atoms with Gasteiger partial charge in [-0.2, -0.15) is 0 Å². The Bertz CT molecular complexity index is 1330. The Balaban J connectivity index is 1.38. The van der Waals surface area contributed by atoms with E-state index in [1.165, 1.54) is 12.1 Å². The van der Waals surface area contributed by atoms with Crippen LogP contribution in [0.4, 0.5) is 4.39 Å². The predicted octanol–water partition coefficient (Wildman–Crippen LogP) is 4.35. The fourth-order valence-corrected chi connectivity index (χ4v) is 5.17. The molecule has 1 atom stereocenters. The summed E-state index contributed by atoms with van der Waals surface area (Å²) in [4.78, 5) is 42.3. The van der Waals surface area contributed by atoms with Crippen LogP contribution in [0.25, 0.3) is 0 Å². The fraction of sp³-hybridized carbons (Fsp3) is 0.276. The van der Waals surface area contributed by atoms with E-state index in [9.17, 15) is 18.8 Å². The van der Waals surface area contributed by atoms with Gasteiger partial charge in [-0.15, -0.1) is 0 Å². The Morgan fingerprint density at radius 3 is 2.31 bits per heavy atom. The molecule has 0 saturated carbocycles. The molecule has 1 fully saturated rings. The Morgan fingerprint density at radius 2 is 1.64 bits per heavy atom. The number of nitrogens with one attached hydrogen (secondary N) is 2. The van der Waals surface area contributed by atoms with Crippen LogP contribution in [0.1, 0.15) is 33.1 Å². The molecule has 1 aliphatic rings. The number of hydrogen-bond acceptors (Lipinski definition) is 4. The molecule has 1 unspecified atom stereocenters. The molecule has 10 heteroatoms. The number of halogens is 3. The lowest BCUT2D eigenvalue weighted by molar-refractivity contribution is -0.139. The van der Waals surface area contributed by atoms with Crippen molar-refractivity contribution in [3.8, 4) is 0 Å². The molecule has 7 nitrogen and oxygen atoms in total. The van der Waals surface area contributed by atoms with Crippen molar-refractivity contribution < 1.29 is 18.8 Å². The first-order chi connectivity index (χ1) is 18.7. The van der Waals surface area contributed by atoms with Crippen molar-refractivity contribution in [3.05, 3.63) is 104 Å². The molecule has 2 N–H and O–H groups in total. The molecule has 204 valence electrons. The van der Waals surface area contributed by atoms with Crippen LogP contribution in [0, 0.1) is 5.82 Å². The minimum atomic E-state index is -0.856. The van der Waals surface area contributed by atoms with Crippen LogP contribution in [0.15, 0.2) is 71.2 Å². The molecule has 39 heavy (non-hydrogen) atoms. The van der Waals surface area contributed by atoms with Gasteiger partial charge in [-0.3, -0.25) is 14.4 Å². The molecule has 0 spiro atoms. The highest BCUT2D eigenvalue weighted by molar-refractivity contribution is 9.10. The molecule has 1 aliphatic heterocycles. The van der Waals surface area contributed by atoms with Crippen molar-refractivity contribution in [1.82, 2.24) is 20.4 Å². The lowest BCUT2D eigenvalue weighted by Gasteiger charge is -2.32. The van der Waals surface area contributed by atoms with E-state index < -0.39 is 23.7 Å². The second-order valence-corrected chi connectivity index (χ2v) is 10.7. The lowest BCUT2D eigenvalue weighted by Crippen LogP contribution is -2.47. The van der Waals surface area contributed by atoms with E-state index in [0.29, 0.717) is 28.7 Å². The van der Waals surface area contributed by atoms with E-state index in [2.05, 4.69) is 31.5 Å². The van der Waals surface area contributed by atoms with Crippen LogP contribution >= 0.6 is 27.5 Å². The lowest BCUT2D eigenvalue weighted by atomic mass is 9.98. The normalized spacial score (nSPS) is 14.5. The van der Waals surface area contributed by atoms with E-state index in [4.69, 9.17) is 11.6 Å². The van der Waals surface area contributed by atoms with E-state index in [0.717, 1.165) is 18.7 Å². The van der Waals surface area contributed by atoms with Crippen LogP contribution in [0.3, 0.4) is 0 Å². The number of hydrogen-bond donors (Lipinski definition) is 2. The van der Waals surface area contributed by atoms with Crippen molar-refractivity contribution in [2.24, 2.45) is 0 Å². The molecular formula is C29H29BrClFN4O3. The quantitative estimate of drug-likeness (QED) is 0.388. The number of piperazine rings is 1. The summed E-state index contributed by atoms with van der Waals surface area (Å²) in [6.07, 6.45) is 0.0515. The number of carbonyl (C=O) groups excluding carboxylic acids is 3. The summed E-state index contributed by atoms with van der Waals surface area (Å²) in [5, 5.41) is 5.56. The molecule has 0 radical (unpaired) electrons. The van der Waals surface area contributed by atoms with Crippen molar-refractivity contribution >= 4 is 45.3 Å². The smallest absolute Gasteiger partial charge is 0.309 e. The zero-order valence-electron chi connectivity index (χ0n) is 21.4. The average Bonchev–Trinajstić information content (AvgIpc) is 2.93. The van der Waals surface area contributed by atoms with Crippen LogP contribution in [0.5, 0.6) is 0 Å². The second-order valence-electron chi connectivity index (χ2n) is 9.43. The zero-order chi connectivity index (χ0) is 27.9. The number of likely N-dealkylation sites (N-methyl/N-ethyl adjacent to an activating group) is 1. The van der Waals surface area contributed by atoms with Gasteiger partial charge in [0.05, 0.1) is 6.04 Å². The predicted molar refractivity (Wildman–Crippen MR) is 152 cm³/mol. The largest absolute Gasteiger partial charge is 0.344 e. The van der Waals surface area contributed by atoms with Gasteiger partial charge in [0.25, 0.3) is 5.91 Å². The van der Waals surface area contributed by atoms with Gasteiger partial charge in [0.1, 0.15) is 5.82 Å². The molecule has 3 aromatic rings. The monoisotopic (exact) mass is 614 g/mol. The van der Waals surface area contributed by atoms with E-state index in [-0.39, 0.29) is 29.5 Å². The summed E-state index contributed by atoms with van der Waals surface area (Å²) in [6.45, 7) is 3.16. The molecular weight excluding hydrogens is 587 g/mol. The average molecular weight is 616 g/mol. The second kappa shape index (κ2) is 13.2. The highest BCUT2D eigenvalue weighted by Gasteiger charge is 2.24. The Hall–Kier alpha value is -3.27. The molecule has 4 rings (SSSR count). The van der Waals surface area contributed by atoms with Crippen LogP contribution < -0.4 is 10.6 Å². The number of carbonyl (C=O) groups is 3. The van der Waals surface area contributed by atoms with Crippen LogP contribution in [-0.2, 0) is 22.6 Å². The van der Waals surface area contributed by atoms with E-state index >= 15 is 0 Å². The third-order valence-electron chi connectivity index (χ3n) is 6.71. The van der Waals surface area contributed by atoms with Gasteiger partial charge in [0, 0.05) is 59.8 Å². The van der Waals surface area contributed by atoms with Crippen molar-refractivity contribution in [1.29, 1.82) is 0 Å². The zero-order valence-corrected chi connectivity index (χ0v) is 23.8. The highest BCUT2D eigenvalue weighted by atomic mass is 79.9. The van der Waals surface area contributed by atoms with Crippen molar-refractivity contribution in [2.75, 3.05) is 33.2 Å². The third-order valence-corrected chi connectivity index (χ3v) is 7.78. The Kier molecular flexibility index (Phi) is 9.72. The van der Waals surface area contributed by atoms with E-state index in [1.54, 1.807) is 48.5 Å². The SMILES string of the molecule is CN1CCN(C(=O)c2ccc(CNC(=O)C(=O)NC(Cc3c(F)cccc3Cl)c3ccccc3Br)cc2)CC1. The van der Waals surface area contributed by atoms with Crippen LogP contribution in [0.2, 0.25) is 5.02 Å². The summed E-state index contributed by atoms with van der Waals surface area (Å²) in [6, 6.07) is 17.8. The number of benzene rings is 3. The molecule has 0 aliphatic carbocycles. The van der Waals surface area contributed by atoms with Gasteiger partial charge in [-0.05, 0) is 48.5 Å². The van der Waals surface area contributed by atoms with Gasteiger partial charge < -0.3 is 20.4 Å². The number of rotatable bonds is 7. The maximum Gasteiger partial charge on any atom is 0.309 e. The summed E-state index contributed by atoms with van der Waals surface area (Å²) < 4.78 is 15.2.